The molecule has 1 fully saturated rings. The Morgan fingerprint density at radius 2 is 2.16 bits per heavy atom. The molecule has 1 saturated heterocycles. The molecule has 0 bridgehead atoms. The topological polar surface area (TPSA) is 66.7 Å². The van der Waals surface area contributed by atoms with Crippen LogP contribution in [0.4, 0.5) is 14.5 Å². The fourth-order valence-electron chi connectivity index (χ4n) is 2.93. The first-order chi connectivity index (χ1) is 11.8. The number of benzene rings is 1. The van der Waals surface area contributed by atoms with Crippen molar-refractivity contribution in [1.29, 1.82) is 0 Å². The van der Waals surface area contributed by atoms with E-state index < -0.39 is 17.6 Å². The van der Waals surface area contributed by atoms with Crippen LogP contribution >= 0.6 is 0 Å². The number of nitrogens with zero attached hydrogens (tertiary/aromatic N) is 3. The van der Waals surface area contributed by atoms with Crippen LogP contribution in [0, 0.1) is 24.5 Å². The van der Waals surface area contributed by atoms with Gasteiger partial charge in [0, 0.05) is 32.1 Å². The summed E-state index contributed by atoms with van der Waals surface area (Å²) in [5.74, 6) is -2.09. The van der Waals surface area contributed by atoms with Crippen molar-refractivity contribution in [1.82, 2.24) is 10.1 Å². The molecule has 0 spiro atoms. The number of aromatic nitrogens is 1. The quantitative estimate of drug-likeness (QED) is 0.849. The summed E-state index contributed by atoms with van der Waals surface area (Å²) in [5.41, 5.74) is 0.593. The van der Waals surface area contributed by atoms with Gasteiger partial charge in [0.1, 0.15) is 23.1 Å². The largest absolute Gasteiger partial charge is 0.361 e. The summed E-state index contributed by atoms with van der Waals surface area (Å²) >= 11 is 0. The first-order valence-corrected chi connectivity index (χ1v) is 7.77. The van der Waals surface area contributed by atoms with Crippen LogP contribution in [-0.4, -0.2) is 35.5 Å². The van der Waals surface area contributed by atoms with Crippen LogP contribution in [0.3, 0.4) is 0 Å². The van der Waals surface area contributed by atoms with Crippen molar-refractivity contribution >= 4 is 17.5 Å². The van der Waals surface area contributed by atoms with E-state index >= 15 is 0 Å². The van der Waals surface area contributed by atoms with Crippen LogP contribution in [0.15, 0.2) is 28.8 Å². The van der Waals surface area contributed by atoms with E-state index in [2.05, 4.69) is 5.16 Å². The highest BCUT2D eigenvalue weighted by molar-refractivity contribution is 6.00. The van der Waals surface area contributed by atoms with Gasteiger partial charge >= 0.3 is 0 Å². The first kappa shape index (κ1) is 17.1. The third kappa shape index (κ3) is 3.52. The molecule has 1 atom stereocenters. The van der Waals surface area contributed by atoms with Gasteiger partial charge in [0.25, 0.3) is 0 Å². The molecule has 1 aromatic carbocycles. The van der Waals surface area contributed by atoms with Gasteiger partial charge in [-0.3, -0.25) is 9.59 Å². The lowest BCUT2D eigenvalue weighted by atomic mass is 10.1. The second-order valence-electron chi connectivity index (χ2n) is 6.12. The third-order valence-electron chi connectivity index (χ3n) is 4.13. The lowest BCUT2D eigenvalue weighted by molar-refractivity contribution is -0.135. The number of halogens is 2. The highest BCUT2D eigenvalue weighted by atomic mass is 19.1. The molecule has 1 aromatic heterocycles. The summed E-state index contributed by atoms with van der Waals surface area (Å²) in [6.45, 7) is 2.07. The van der Waals surface area contributed by atoms with E-state index in [-0.39, 0.29) is 37.0 Å². The SMILES string of the molecule is Cc1cc(CN(C)C(=O)[C@H]2CC(=O)N(c3ccc(F)cc3F)C2)no1. The van der Waals surface area contributed by atoms with Gasteiger partial charge in [0.2, 0.25) is 11.8 Å². The van der Waals surface area contributed by atoms with Gasteiger partial charge in [-0.2, -0.15) is 0 Å². The molecule has 1 aliphatic heterocycles. The molecule has 3 rings (SSSR count). The van der Waals surface area contributed by atoms with Crippen LogP contribution in [0.5, 0.6) is 0 Å². The summed E-state index contributed by atoms with van der Waals surface area (Å²) in [4.78, 5) is 27.4. The predicted octanol–water partition coefficient (Wildman–Crippen LogP) is 2.27. The molecule has 0 unspecified atom stereocenters. The van der Waals surface area contributed by atoms with Gasteiger partial charge < -0.3 is 14.3 Å². The minimum absolute atomic E-state index is 0.0160. The lowest BCUT2D eigenvalue weighted by Crippen LogP contribution is -2.34. The van der Waals surface area contributed by atoms with E-state index in [1.54, 1.807) is 20.0 Å². The fourth-order valence-corrected chi connectivity index (χ4v) is 2.93. The van der Waals surface area contributed by atoms with Crippen LogP contribution in [0.1, 0.15) is 17.9 Å². The number of aryl methyl sites for hydroxylation is 1. The van der Waals surface area contributed by atoms with E-state index in [1.165, 1.54) is 15.9 Å². The molecule has 0 N–H and O–H groups in total. The fraction of sp³-hybridized carbons (Fsp3) is 0.353. The standard InChI is InChI=1S/C17H17F2N3O3/c1-10-5-13(20-25-10)9-21(2)17(24)11-6-16(23)22(8-11)15-4-3-12(18)7-14(15)19/h3-5,7,11H,6,8-9H2,1-2H3/t11-/m0/s1. The molecule has 1 aliphatic rings. The zero-order valence-corrected chi connectivity index (χ0v) is 13.8. The van der Waals surface area contributed by atoms with Gasteiger partial charge in [0.15, 0.2) is 0 Å². The molecular weight excluding hydrogens is 332 g/mol. The Labute approximate surface area is 143 Å². The summed E-state index contributed by atoms with van der Waals surface area (Å²) in [5, 5.41) is 3.83. The van der Waals surface area contributed by atoms with Crippen molar-refractivity contribution in [2.75, 3.05) is 18.5 Å². The summed E-state index contributed by atoms with van der Waals surface area (Å²) < 4.78 is 31.9. The van der Waals surface area contributed by atoms with Gasteiger partial charge in [-0.1, -0.05) is 5.16 Å². The Balaban J connectivity index is 1.69. The van der Waals surface area contributed by atoms with Crippen molar-refractivity contribution in [3.05, 3.63) is 47.4 Å². The highest BCUT2D eigenvalue weighted by Gasteiger charge is 2.37. The maximum Gasteiger partial charge on any atom is 0.228 e. The molecule has 2 aromatic rings. The minimum Gasteiger partial charge on any atom is -0.361 e. The lowest BCUT2D eigenvalue weighted by Gasteiger charge is -2.21. The normalized spacial score (nSPS) is 17.2. The average Bonchev–Trinajstić information content (AvgIpc) is 3.12. The van der Waals surface area contributed by atoms with Crippen LogP contribution in [0.2, 0.25) is 0 Å². The summed E-state index contributed by atoms with van der Waals surface area (Å²) in [7, 11) is 1.61. The van der Waals surface area contributed by atoms with Crippen molar-refractivity contribution in [2.45, 2.75) is 19.9 Å². The van der Waals surface area contributed by atoms with Crippen LogP contribution in [-0.2, 0) is 16.1 Å². The molecule has 0 radical (unpaired) electrons. The molecule has 6 nitrogen and oxygen atoms in total. The Morgan fingerprint density at radius 3 is 2.80 bits per heavy atom. The molecule has 8 heteroatoms. The number of anilines is 1. The zero-order valence-electron chi connectivity index (χ0n) is 13.8. The zero-order chi connectivity index (χ0) is 18.1. The molecule has 0 saturated carbocycles. The molecule has 0 aliphatic carbocycles. The maximum atomic E-state index is 13.9. The molecule has 2 amide bonds. The monoisotopic (exact) mass is 349 g/mol. The summed E-state index contributed by atoms with van der Waals surface area (Å²) in [6.07, 6.45) is -0.0160. The van der Waals surface area contributed by atoms with E-state index in [0.29, 0.717) is 11.5 Å². The molecule has 25 heavy (non-hydrogen) atoms. The summed E-state index contributed by atoms with van der Waals surface area (Å²) in [6, 6.07) is 4.73. The highest BCUT2D eigenvalue weighted by Crippen LogP contribution is 2.28. The van der Waals surface area contributed by atoms with Crippen molar-refractivity contribution in [2.24, 2.45) is 5.92 Å². The Hall–Kier alpha value is -2.77. The van der Waals surface area contributed by atoms with E-state index in [4.69, 9.17) is 4.52 Å². The van der Waals surface area contributed by atoms with Crippen molar-refractivity contribution in [3.8, 4) is 0 Å². The molecule has 132 valence electrons. The van der Waals surface area contributed by atoms with Gasteiger partial charge in [-0.25, -0.2) is 8.78 Å². The Morgan fingerprint density at radius 1 is 1.40 bits per heavy atom. The molecular formula is C17H17F2N3O3. The van der Waals surface area contributed by atoms with Gasteiger partial charge in [-0.05, 0) is 19.1 Å². The average molecular weight is 349 g/mol. The van der Waals surface area contributed by atoms with Crippen molar-refractivity contribution in [3.63, 3.8) is 0 Å². The number of carbonyl (C=O) groups is 2. The first-order valence-electron chi connectivity index (χ1n) is 7.77. The molecule has 2 heterocycles. The van der Waals surface area contributed by atoms with E-state index in [9.17, 15) is 18.4 Å². The predicted molar refractivity (Wildman–Crippen MR) is 84.5 cm³/mol. The number of carbonyl (C=O) groups excluding carboxylic acids is 2. The van der Waals surface area contributed by atoms with Gasteiger partial charge in [-0.15, -0.1) is 0 Å². The smallest absolute Gasteiger partial charge is 0.228 e. The number of rotatable bonds is 4. The van der Waals surface area contributed by atoms with Crippen molar-refractivity contribution < 1.29 is 22.9 Å². The second-order valence-corrected chi connectivity index (χ2v) is 6.12. The van der Waals surface area contributed by atoms with E-state index in [1.807, 2.05) is 0 Å². The minimum atomic E-state index is -0.826. The van der Waals surface area contributed by atoms with Crippen LogP contribution in [0.25, 0.3) is 0 Å². The number of amides is 2. The van der Waals surface area contributed by atoms with Crippen LogP contribution < -0.4 is 4.90 Å². The third-order valence-corrected chi connectivity index (χ3v) is 4.13. The Bertz CT molecular complexity index is 821. The second kappa shape index (κ2) is 6.62. The number of hydrogen-bond acceptors (Lipinski definition) is 4. The Kier molecular flexibility index (Phi) is 4.52. The van der Waals surface area contributed by atoms with E-state index in [0.717, 1.165) is 12.1 Å². The number of hydrogen-bond donors (Lipinski definition) is 0. The van der Waals surface area contributed by atoms with Gasteiger partial charge in [0.05, 0.1) is 18.2 Å². The maximum absolute atomic E-state index is 13.9.